The van der Waals surface area contributed by atoms with Crippen LogP contribution in [0.4, 0.5) is 23.7 Å². The molecule has 0 atom stereocenters. The number of nitrogens with zero attached hydrogens (tertiary/aromatic N) is 5. The van der Waals surface area contributed by atoms with Gasteiger partial charge in [0.05, 0.1) is 24.1 Å². The van der Waals surface area contributed by atoms with E-state index >= 15 is 0 Å². The first-order valence-corrected chi connectivity index (χ1v) is 16.2. The third kappa shape index (κ3) is 6.65. The van der Waals surface area contributed by atoms with Crippen molar-refractivity contribution >= 4 is 19.9 Å². The molecule has 2 aliphatic rings. The molecule has 0 aliphatic carbocycles. The maximum absolute atomic E-state index is 14.0. The lowest BCUT2D eigenvalue weighted by Gasteiger charge is -2.29. The number of ether oxygens (including phenoxy) is 2. The van der Waals surface area contributed by atoms with Crippen molar-refractivity contribution in [2.45, 2.75) is 70.6 Å². The molecular formula is C24H32F3N5O5Si. The van der Waals surface area contributed by atoms with E-state index in [1.807, 2.05) is 0 Å². The Bertz CT molecular complexity index is 1230. The molecule has 0 aromatic carbocycles. The lowest BCUT2D eigenvalue weighted by atomic mass is 10.1. The number of hydrogen-bond acceptors (Lipinski definition) is 7. The zero-order valence-electron chi connectivity index (χ0n) is 21.6. The van der Waals surface area contributed by atoms with Gasteiger partial charge in [0, 0.05) is 53.2 Å². The molecule has 2 aliphatic heterocycles. The summed E-state index contributed by atoms with van der Waals surface area (Å²) in [6.07, 6.45) is -3.93. The fourth-order valence-electron chi connectivity index (χ4n) is 4.41. The monoisotopic (exact) mass is 555 g/mol. The summed E-state index contributed by atoms with van der Waals surface area (Å²) in [5.41, 5.74) is -1.55. The average Bonchev–Trinajstić information content (AvgIpc) is 3.24. The van der Waals surface area contributed by atoms with Crippen molar-refractivity contribution < 1.29 is 32.5 Å². The highest BCUT2D eigenvalue weighted by Gasteiger charge is 2.40. The number of carbonyl (C=O) groups is 1. The number of pyridine rings is 1. The topological polar surface area (TPSA) is 110 Å². The molecule has 38 heavy (non-hydrogen) atoms. The zero-order chi connectivity index (χ0) is 27.7. The van der Waals surface area contributed by atoms with Gasteiger partial charge in [-0.05, 0) is 17.7 Å². The van der Waals surface area contributed by atoms with E-state index in [0.717, 1.165) is 17.8 Å². The Morgan fingerprint density at radius 3 is 2.53 bits per heavy atom. The third-order valence-corrected chi connectivity index (χ3v) is 8.31. The number of aromatic nitrogens is 3. The lowest BCUT2D eigenvalue weighted by molar-refractivity contribution is -0.138. The number of alkyl halides is 3. The van der Waals surface area contributed by atoms with Gasteiger partial charge in [-0.1, -0.05) is 19.6 Å². The van der Waals surface area contributed by atoms with Crippen LogP contribution < -0.4 is 15.2 Å². The van der Waals surface area contributed by atoms with Crippen molar-refractivity contribution in [3.63, 3.8) is 0 Å². The number of anilines is 1. The van der Waals surface area contributed by atoms with Gasteiger partial charge in [0.15, 0.2) is 0 Å². The van der Waals surface area contributed by atoms with Gasteiger partial charge in [-0.3, -0.25) is 4.79 Å². The molecule has 208 valence electrons. The van der Waals surface area contributed by atoms with E-state index in [1.165, 1.54) is 9.80 Å². The van der Waals surface area contributed by atoms with E-state index in [0.29, 0.717) is 48.8 Å². The van der Waals surface area contributed by atoms with Crippen molar-refractivity contribution in [1.82, 2.24) is 19.7 Å². The second-order valence-electron chi connectivity index (χ2n) is 10.8. The molecule has 14 heteroatoms. The summed E-state index contributed by atoms with van der Waals surface area (Å²) in [5, 5.41) is 13.0. The number of piperidine rings is 1. The molecule has 4 rings (SSSR count). The van der Waals surface area contributed by atoms with Gasteiger partial charge in [0.25, 0.3) is 5.56 Å². The molecule has 2 aromatic heterocycles. The maximum atomic E-state index is 14.0. The van der Waals surface area contributed by atoms with Gasteiger partial charge in [0.1, 0.15) is 18.4 Å². The first kappa shape index (κ1) is 27.9. The summed E-state index contributed by atoms with van der Waals surface area (Å²) >= 11 is 0. The second-order valence-corrected chi connectivity index (χ2v) is 16.4. The van der Waals surface area contributed by atoms with Crippen LogP contribution in [-0.2, 0) is 30.7 Å². The number of rotatable bonds is 8. The molecule has 0 unspecified atom stereocenters. The maximum Gasteiger partial charge on any atom is 0.423 e. The first-order valence-electron chi connectivity index (χ1n) is 12.4. The summed E-state index contributed by atoms with van der Waals surface area (Å²) in [4.78, 5) is 31.1. The minimum absolute atomic E-state index is 0.0604. The van der Waals surface area contributed by atoms with Crippen LogP contribution >= 0.6 is 0 Å². The number of amides is 1. The highest BCUT2D eigenvalue weighted by atomic mass is 28.3. The van der Waals surface area contributed by atoms with Gasteiger partial charge in [-0.2, -0.15) is 18.3 Å². The van der Waals surface area contributed by atoms with Crippen LogP contribution in [-0.4, -0.2) is 64.7 Å². The summed E-state index contributed by atoms with van der Waals surface area (Å²) in [5.74, 6) is 0.333. The van der Waals surface area contributed by atoms with Gasteiger partial charge < -0.3 is 24.4 Å². The molecule has 0 spiro atoms. The van der Waals surface area contributed by atoms with Crippen molar-refractivity contribution in [3.8, 4) is 5.88 Å². The zero-order valence-corrected chi connectivity index (χ0v) is 22.6. The highest BCUT2D eigenvalue weighted by molar-refractivity contribution is 6.76. The summed E-state index contributed by atoms with van der Waals surface area (Å²) in [7, 11) is -1.39. The molecule has 1 N–H and O–H groups in total. The molecule has 0 bridgehead atoms. The van der Waals surface area contributed by atoms with Gasteiger partial charge >= 0.3 is 12.3 Å². The molecular weight excluding hydrogens is 523 g/mol. The standard InChI is InChI=1S/C24H32F3N5O5Si/c1-38(2,3)11-10-36-15-32-22(33)21(24(25,26)27)19(12-28-32)31-13-16-4-5-20(29-18(16)14-31)37-17-6-8-30(9-7-17)23(34)35/h4-5,12,17H,6-11,13-15H2,1-3H3,(H,34,35). The summed E-state index contributed by atoms with van der Waals surface area (Å²) in [6.45, 7) is 7.39. The fourth-order valence-corrected chi connectivity index (χ4v) is 5.17. The number of halogens is 3. The Labute approximate surface area is 219 Å². The largest absolute Gasteiger partial charge is 0.474 e. The van der Waals surface area contributed by atoms with Crippen LogP contribution in [0.15, 0.2) is 23.1 Å². The van der Waals surface area contributed by atoms with Crippen LogP contribution in [0.25, 0.3) is 0 Å². The number of carboxylic acid groups (broad SMARTS) is 1. The van der Waals surface area contributed by atoms with Crippen LogP contribution in [0.3, 0.4) is 0 Å². The van der Waals surface area contributed by atoms with E-state index in [9.17, 15) is 22.8 Å². The van der Waals surface area contributed by atoms with Gasteiger partial charge in [-0.25, -0.2) is 14.5 Å². The van der Waals surface area contributed by atoms with E-state index in [1.54, 1.807) is 12.1 Å². The van der Waals surface area contributed by atoms with Crippen LogP contribution in [0, 0.1) is 0 Å². The highest BCUT2D eigenvalue weighted by Crippen LogP contribution is 2.37. The molecule has 0 saturated carbocycles. The molecule has 1 saturated heterocycles. The molecule has 2 aromatic rings. The normalized spacial score (nSPS) is 16.6. The molecule has 0 radical (unpaired) electrons. The fraction of sp³-hybridized carbons (Fsp3) is 0.583. The van der Waals surface area contributed by atoms with Crippen molar-refractivity contribution in [2.75, 3.05) is 24.6 Å². The Morgan fingerprint density at radius 1 is 1.18 bits per heavy atom. The number of hydrogen-bond donors (Lipinski definition) is 1. The van der Waals surface area contributed by atoms with Crippen molar-refractivity contribution in [3.05, 3.63) is 45.5 Å². The predicted molar refractivity (Wildman–Crippen MR) is 135 cm³/mol. The minimum Gasteiger partial charge on any atom is -0.474 e. The molecule has 1 amide bonds. The van der Waals surface area contributed by atoms with E-state index in [2.05, 4.69) is 29.7 Å². The van der Waals surface area contributed by atoms with Crippen LogP contribution in [0.5, 0.6) is 5.88 Å². The number of likely N-dealkylation sites (tertiary alicyclic amines) is 1. The quantitative estimate of drug-likeness (QED) is 0.384. The Kier molecular flexibility index (Phi) is 8.02. The van der Waals surface area contributed by atoms with Crippen LogP contribution in [0.2, 0.25) is 25.7 Å². The lowest BCUT2D eigenvalue weighted by Crippen LogP contribution is -2.41. The Hall–Kier alpha value is -3.13. The molecule has 1 fully saturated rings. The third-order valence-electron chi connectivity index (χ3n) is 6.60. The van der Waals surface area contributed by atoms with Gasteiger partial charge in [0.2, 0.25) is 5.88 Å². The Morgan fingerprint density at radius 2 is 1.89 bits per heavy atom. The number of fused-ring (bicyclic) bond motifs is 1. The van der Waals surface area contributed by atoms with E-state index in [-0.39, 0.29) is 31.6 Å². The van der Waals surface area contributed by atoms with Crippen molar-refractivity contribution in [2.24, 2.45) is 0 Å². The first-order chi connectivity index (χ1) is 17.8. The SMILES string of the molecule is C[Si](C)(C)CCOCn1ncc(N2Cc3ccc(OC4CCN(C(=O)O)CC4)nc3C2)c(C(F)(F)F)c1=O. The smallest absolute Gasteiger partial charge is 0.423 e. The average molecular weight is 556 g/mol. The summed E-state index contributed by atoms with van der Waals surface area (Å²) < 4.78 is 54.2. The van der Waals surface area contributed by atoms with Crippen LogP contribution in [0.1, 0.15) is 29.7 Å². The Balaban J connectivity index is 1.46. The van der Waals surface area contributed by atoms with E-state index in [4.69, 9.17) is 14.6 Å². The van der Waals surface area contributed by atoms with E-state index < -0.39 is 31.5 Å². The molecule has 10 nitrogen and oxygen atoms in total. The minimum atomic E-state index is -4.88. The van der Waals surface area contributed by atoms with Gasteiger partial charge in [-0.15, -0.1) is 0 Å². The molecule has 4 heterocycles. The predicted octanol–water partition coefficient (Wildman–Crippen LogP) is 4.01. The summed E-state index contributed by atoms with van der Waals surface area (Å²) in [6, 6.07) is 4.22. The van der Waals surface area contributed by atoms with Crippen molar-refractivity contribution in [1.29, 1.82) is 0 Å². The second kappa shape index (κ2) is 10.9.